The highest BCUT2D eigenvalue weighted by Gasteiger charge is 2.24. The van der Waals surface area contributed by atoms with E-state index in [0.29, 0.717) is 19.1 Å². The van der Waals surface area contributed by atoms with Gasteiger partial charge < -0.3 is 14.8 Å². The van der Waals surface area contributed by atoms with Crippen LogP contribution in [0.2, 0.25) is 0 Å². The quantitative estimate of drug-likeness (QED) is 0.775. The Morgan fingerprint density at radius 2 is 1.96 bits per heavy atom. The second kappa shape index (κ2) is 6.96. The summed E-state index contributed by atoms with van der Waals surface area (Å²) in [7, 11) is 0. The molecule has 0 saturated carbocycles. The van der Waals surface area contributed by atoms with Gasteiger partial charge in [0.05, 0.1) is 0 Å². The fourth-order valence-corrected chi connectivity index (χ4v) is 3.84. The molecule has 0 spiro atoms. The molecule has 4 rings (SSSR count). The highest BCUT2D eigenvalue weighted by molar-refractivity contribution is 5.93. The minimum atomic E-state index is 0.112. The van der Waals surface area contributed by atoms with Gasteiger partial charge in [-0.25, -0.2) is 0 Å². The fraction of sp³-hybridized carbons (Fsp3) is 0.318. The van der Waals surface area contributed by atoms with Gasteiger partial charge in [0.15, 0.2) is 0 Å². The largest absolute Gasteiger partial charge is 0.338 e. The maximum atomic E-state index is 13.2. The molecule has 2 heterocycles. The second-order valence-electron chi connectivity index (χ2n) is 6.97. The molecule has 1 aromatic heterocycles. The molecule has 26 heavy (non-hydrogen) atoms. The smallest absolute Gasteiger partial charge is 0.270 e. The Morgan fingerprint density at radius 1 is 1.15 bits per heavy atom. The molecule has 3 aromatic rings. The van der Waals surface area contributed by atoms with Crippen LogP contribution in [0.5, 0.6) is 0 Å². The molecular formula is C22H25N3O. The van der Waals surface area contributed by atoms with E-state index in [1.54, 1.807) is 0 Å². The molecule has 1 amide bonds. The Hall–Kier alpha value is -2.59. The van der Waals surface area contributed by atoms with Crippen molar-refractivity contribution in [2.45, 2.75) is 33.0 Å². The van der Waals surface area contributed by atoms with Gasteiger partial charge in [0.25, 0.3) is 5.91 Å². The van der Waals surface area contributed by atoms with E-state index in [0.717, 1.165) is 18.8 Å². The summed E-state index contributed by atoms with van der Waals surface area (Å²) in [6, 6.07) is 19.1. The number of carbonyl (C=O) groups excluding carboxylic acids is 1. The van der Waals surface area contributed by atoms with E-state index in [2.05, 4.69) is 65.3 Å². The molecule has 0 saturated heterocycles. The van der Waals surface area contributed by atoms with E-state index in [9.17, 15) is 4.79 Å². The Kier molecular flexibility index (Phi) is 4.51. The molecule has 2 aromatic carbocycles. The monoisotopic (exact) mass is 347 g/mol. The molecule has 1 atom stereocenters. The summed E-state index contributed by atoms with van der Waals surface area (Å²) in [4.78, 5) is 15.1. The first-order chi connectivity index (χ1) is 12.7. The number of benzene rings is 2. The lowest BCUT2D eigenvalue weighted by atomic mass is 10.1. The van der Waals surface area contributed by atoms with Crippen LogP contribution in [0.25, 0.3) is 10.8 Å². The minimum absolute atomic E-state index is 0.112. The van der Waals surface area contributed by atoms with Crippen molar-refractivity contribution in [2.24, 2.45) is 0 Å². The number of amides is 1. The van der Waals surface area contributed by atoms with Crippen LogP contribution in [0.3, 0.4) is 0 Å². The Morgan fingerprint density at radius 3 is 2.77 bits per heavy atom. The molecule has 4 heteroatoms. The summed E-state index contributed by atoms with van der Waals surface area (Å²) in [6.45, 7) is 7.27. The second-order valence-corrected chi connectivity index (χ2v) is 6.97. The van der Waals surface area contributed by atoms with Gasteiger partial charge in [-0.05, 0) is 48.4 Å². The predicted octanol–water partition coefficient (Wildman–Crippen LogP) is 3.97. The van der Waals surface area contributed by atoms with Crippen molar-refractivity contribution in [1.29, 1.82) is 0 Å². The maximum absolute atomic E-state index is 13.2. The Balaban J connectivity index is 1.59. The highest BCUT2D eigenvalue weighted by atomic mass is 16.2. The van der Waals surface area contributed by atoms with Crippen LogP contribution >= 0.6 is 0 Å². The van der Waals surface area contributed by atoms with Gasteiger partial charge in [0.2, 0.25) is 0 Å². The summed E-state index contributed by atoms with van der Waals surface area (Å²) in [5, 5.41) is 5.89. The van der Waals surface area contributed by atoms with Gasteiger partial charge in [-0.3, -0.25) is 4.79 Å². The van der Waals surface area contributed by atoms with Gasteiger partial charge in [0, 0.05) is 37.9 Å². The van der Waals surface area contributed by atoms with Crippen LogP contribution < -0.4 is 5.32 Å². The number of nitrogens with zero attached hydrogens (tertiary/aromatic N) is 2. The van der Waals surface area contributed by atoms with Crippen LogP contribution in [0.4, 0.5) is 0 Å². The van der Waals surface area contributed by atoms with Crippen molar-refractivity contribution in [3.8, 4) is 0 Å². The first-order valence-corrected chi connectivity index (χ1v) is 9.37. The molecule has 1 aliphatic heterocycles. The molecule has 0 aliphatic carbocycles. The Bertz CT molecular complexity index is 943. The molecular weight excluding hydrogens is 322 g/mol. The number of carbonyl (C=O) groups is 1. The molecule has 0 bridgehead atoms. The standard InChI is InChI=1S/C22H25N3O/c1-3-24(15-17-8-9-18-6-4-5-7-19(18)14-17)22(26)21-11-10-20-16(2)23-12-13-25(20)21/h4-11,14,16,23H,3,12-13,15H2,1-2H3. The van der Waals surface area contributed by atoms with Crippen molar-refractivity contribution in [1.82, 2.24) is 14.8 Å². The number of hydrogen-bond donors (Lipinski definition) is 1. The van der Waals surface area contributed by atoms with Crippen molar-refractivity contribution in [3.05, 3.63) is 71.5 Å². The molecule has 134 valence electrons. The van der Waals surface area contributed by atoms with E-state index in [4.69, 9.17) is 0 Å². The SMILES string of the molecule is CCN(Cc1ccc2ccccc2c1)C(=O)c1ccc2n1CCNC2C. The van der Waals surface area contributed by atoms with E-state index in [1.165, 1.54) is 22.0 Å². The van der Waals surface area contributed by atoms with Gasteiger partial charge >= 0.3 is 0 Å². The number of hydrogen-bond acceptors (Lipinski definition) is 2. The lowest BCUT2D eigenvalue weighted by Crippen LogP contribution is -2.36. The fourth-order valence-electron chi connectivity index (χ4n) is 3.84. The van der Waals surface area contributed by atoms with E-state index in [1.807, 2.05) is 17.9 Å². The number of rotatable bonds is 4. The third kappa shape index (κ3) is 3.01. The lowest BCUT2D eigenvalue weighted by molar-refractivity contribution is 0.0740. The third-order valence-corrected chi connectivity index (χ3v) is 5.32. The summed E-state index contributed by atoms with van der Waals surface area (Å²) < 4.78 is 2.17. The molecule has 1 aliphatic rings. The van der Waals surface area contributed by atoms with Crippen LogP contribution in [-0.4, -0.2) is 28.5 Å². The average molecular weight is 347 g/mol. The zero-order valence-corrected chi connectivity index (χ0v) is 15.4. The normalized spacial score (nSPS) is 16.5. The zero-order valence-electron chi connectivity index (χ0n) is 15.4. The van der Waals surface area contributed by atoms with E-state index < -0.39 is 0 Å². The van der Waals surface area contributed by atoms with Crippen molar-refractivity contribution >= 4 is 16.7 Å². The van der Waals surface area contributed by atoms with Gasteiger partial charge in [-0.1, -0.05) is 36.4 Å². The molecule has 1 unspecified atom stereocenters. The van der Waals surface area contributed by atoms with Crippen LogP contribution in [0, 0.1) is 0 Å². The van der Waals surface area contributed by atoms with E-state index >= 15 is 0 Å². The molecule has 1 N–H and O–H groups in total. The topological polar surface area (TPSA) is 37.3 Å². The van der Waals surface area contributed by atoms with Gasteiger partial charge in [0.1, 0.15) is 5.69 Å². The third-order valence-electron chi connectivity index (χ3n) is 5.32. The summed E-state index contributed by atoms with van der Waals surface area (Å²) in [6.07, 6.45) is 0. The Labute approximate surface area is 154 Å². The predicted molar refractivity (Wildman–Crippen MR) is 105 cm³/mol. The number of aromatic nitrogens is 1. The van der Waals surface area contributed by atoms with Gasteiger partial charge in [-0.2, -0.15) is 0 Å². The van der Waals surface area contributed by atoms with Crippen LogP contribution in [0.1, 0.15) is 41.6 Å². The van der Waals surface area contributed by atoms with Crippen molar-refractivity contribution in [3.63, 3.8) is 0 Å². The first kappa shape index (κ1) is 16.9. The van der Waals surface area contributed by atoms with Crippen molar-refractivity contribution < 1.29 is 4.79 Å². The summed E-state index contributed by atoms with van der Waals surface area (Å²) in [5.74, 6) is 0.112. The van der Waals surface area contributed by atoms with Gasteiger partial charge in [-0.15, -0.1) is 0 Å². The molecule has 0 radical (unpaired) electrons. The zero-order chi connectivity index (χ0) is 18.1. The average Bonchev–Trinajstić information content (AvgIpc) is 3.11. The van der Waals surface area contributed by atoms with Crippen LogP contribution in [-0.2, 0) is 13.1 Å². The maximum Gasteiger partial charge on any atom is 0.270 e. The number of nitrogens with one attached hydrogen (secondary N) is 1. The summed E-state index contributed by atoms with van der Waals surface area (Å²) >= 11 is 0. The van der Waals surface area contributed by atoms with E-state index in [-0.39, 0.29) is 5.91 Å². The highest BCUT2D eigenvalue weighted by Crippen LogP contribution is 2.22. The molecule has 4 nitrogen and oxygen atoms in total. The lowest BCUT2D eigenvalue weighted by Gasteiger charge is -2.27. The van der Waals surface area contributed by atoms with Crippen molar-refractivity contribution in [2.75, 3.05) is 13.1 Å². The summed E-state index contributed by atoms with van der Waals surface area (Å²) in [5.41, 5.74) is 3.16. The first-order valence-electron chi connectivity index (χ1n) is 9.37. The minimum Gasteiger partial charge on any atom is -0.338 e. The number of fused-ring (bicyclic) bond motifs is 2. The van der Waals surface area contributed by atoms with Crippen LogP contribution in [0.15, 0.2) is 54.6 Å². The molecule has 0 fully saturated rings.